The van der Waals surface area contributed by atoms with Gasteiger partial charge < -0.3 is 14.5 Å². The maximum absolute atomic E-state index is 13.3. The summed E-state index contributed by atoms with van der Waals surface area (Å²) in [7, 11) is 0. The Hall–Kier alpha value is -2.86. The van der Waals surface area contributed by atoms with Crippen LogP contribution in [0.1, 0.15) is 66.2 Å². The summed E-state index contributed by atoms with van der Waals surface area (Å²) in [6.07, 6.45) is 6.45. The summed E-state index contributed by atoms with van der Waals surface area (Å²) in [6.45, 7) is 9.88. The molecular weight excluding hydrogens is 432 g/mol. The van der Waals surface area contributed by atoms with Crippen LogP contribution in [0.3, 0.4) is 0 Å². The van der Waals surface area contributed by atoms with Crippen molar-refractivity contribution in [3.63, 3.8) is 0 Å². The van der Waals surface area contributed by atoms with Gasteiger partial charge >= 0.3 is 0 Å². The largest absolute Gasteiger partial charge is 0.494 e. The zero-order valence-electron chi connectivity index (χ0n) is 19.8. The van der Waals surface area contributed by atoms with Gasteiger partial charge in [0.25, 0.3) is 5.91 Å². The van der Waals surface area contributed by atoms with Gasteiger partial charge in [0.15, 0.2) is 0 Å². The first-order valence-electron chi connectivity index (χ1n) is 11.6. The summed E-state index contributed by atoms with van der Waals surface area (Å²) < 4.78 is 10.9. The second-order valence-electron chi connectivity index (χ2n) is 9.51. The molecular formula is C27H32N2O3S. The highest BCUT2D eigenvalue weighted by atomic mass is 32.1. The number of fused-ring (bicyclic) bond motifs is 1. The number of hydrogen-bond acceptors (Lipinski definition) is 5. The Morgan fingerprint density at radius 1 is 1.27 bits per heavy atom. The first kappa shape index (κ1) is 23.3. The third-order valence-corrected chi connectivity index (χ3v) is 7.39. The lowest BCUT2D eigenvalue weighted by molar-refractivity contribution is 0.0947. The number of furan rings is 1. The number of amides is 1. The third kappa shape index (κ3) is 5.56. The summed E-state index contributed by atoms with van der Waals surface area (Å²) in [4.78, 5) is 19.3. The molecule has 1 amide bonds. The lowest BCUT2D eigenvalue weighted by Crippen LogP contribution is -2.28. The number of carbonyl (C=O) groups excluding carboxylic acids is 1. The van der Waals surface area contributed by atoms with E-state index < -0.39 is 0 Å². The number of rotatable bonds is 7. The van der Waals surface area contributed by atoms with E-state index >= 15 is 0 Å². The second kappa shape index (κ2) is 9.96. The molecule has 0 unspecified atom stereocenters. The molecule has 5 nitrogen and oxygen atoms in total. The average Bonchev–Trinajstić information content (AvgIpc) is 3.43. The van der Waals surface area contributed by atoms with Crippen molar-refractivity contribution >= 4 is 28.5 Å². The zero-order valence-corrected chi connectivity index (χ0v) is 20.6. The van der Waals surface area contributed by atoms with Crippen LogP contribution in [-0.2, 0) is 19.4 Å². The standard InChI is InChI=1S/C27H32N2O3S/c1-5-31-20-11-8-18(9-12-20)16-29-26-24(25(30)28-17-21-7-6-14-32-21)22-13-10-19(27(2,3)4)15-23(22)33-26/h6-9,11-12,14,16,19H,5,10,13,15,17H2,1-4H3,(H,28,30)/t19-/m0/s1. The van der Waals surface area contributed by atoms with E-state index in [1.165, 1.54) is 4.88 Å². The van der Waals surface area contributed by atoms with E-state index in [0.29, 0.717) is 19.1 Å². The topological polar surface area (TPSA) is 63.8 Å². The molecule has 0 saturated heterocycles. The Morgan fingerprint density at radius 3 is 2.73 bits per heavy atom. The fraction of sp³-hybridized carbons (Fsp3) is 0.407. The predicted octanol–water partition coefficient (Wildman–Crippen LogP) is 6.57. The number of carbonyl (C=O) groups is 1. The van der Waals surface area contributed by atoms with Crippen LogP contribution < -0.4 is 10.1 Å². The molecule has 0 fully saturated rings. The van der Waals surface area contributed by atoms with E-state index in [-0.39, 0.29) is 11.3 Å². The lowest BCUT2D eigenvalue weighted by atomic mass is 9.72. The van der Waals surface area contributed by atoms with Crippen LogP contribution in [0.5, 0.6) is 5.75 Å². The fourth-order valence-corrected chi connectivity index (χ4v) is 5.52. The predicted molar refractivity (Wildman–Crippen MR) is 134 cm³/mol. The van der Waals surface area contributed by atoms with Gasteiger partial charge in [-0.2, -0.15) is 0 Å². The molecule has 0 saturated carbocycles. The Morgan fingerprint density at radius 2 is 2.06 bits per heavy atom. The van der Waals surface area contributed by atoms with Gasteiger partial charge in [-0.15, -0.1) is 11.3 Å². The SMILES string of the molecule is CCOc1ccc(C=Nc2sc3c(c2C(=O)NCc2ccco2)CC[C@H](C(C)(C)C)C3)cc1. The van der Waals surface area contributed by atoms with Crippen LogP contribution >= 0.6 is 11.3 Å². The monoisotopic (exact) mass is 464 g/mol. The first-order valence-corrected chi connectivity index (χ1v) is 12.4. The van der Waals surface area contributed by atoms with Gasteiger partial charge in [0, 0.05) is 11.1 Å². The molecule has 33 heavy (non-hydrogen) atoms. The van der Waals surface area contributed by atoms with E-state index in [1.807, 2.05) is 49.5 Å². The molecule has 6 heteroatoms. The maximum Gasteiger partial charge on any atom is 0.255 e. The first-order chi connectivity index (χ1) is 15.8. The Kier molecular flexibility index (Phi) is 7.03. The van der Waals surface area contributed by atoms with Gasteiger partial charge in [-0.25, -0.2) is 4.99 Å². The molecule has 3 aromatic rings. The van der Waals surface area contributed by atoms with Gasteiger partial charge in [-0.1, -0.05) is 20.8 Å². The van der Waals surface area contributed by atoms with Gasteiger partial charge in [0.2, 0.25) is 0 Å². The maximum atomic E-state index is 13.3. The van der Waals surface area contributed by atoms with E-state index in [2.05, 4.69) is 26.1 Å². The third-order valence-electron chi connectivity index (χ3n) is 6.22. The van der Waals surface area contributed by atoms with Crippen molar-refractivity contribution in [3.8, 4) is 5.75 Å². The summed E-state index contributed by atoms with van der Waals surface area (Å²) in [5.74, 6) is 2.09. The number of ether oxygens (including phenoxy) is 1. The molecule has 0 bridgehead atoms. The van der Waals surface area contributed by atoms with Crippen LogP contribution in [0.2, 0.25) is 0 Å². The lowest BCUT2D eigenvalue weighted by Gasteiger charge is -2.33. The van der Waals surface area contributed by atoms with Crippen LogP contribution in [0, 0.1) is 11.3 Å². The Labute approximate surface area is 199 Å². The minimum atomic E-state index is -0.0862. The van der Waals surface area contributed by atoms with E-state index in [0.717, 1.165) is 52.5 Å². The molecule has 2 aromatic heterocycles. The molecule has 4 rings (SSSR count). The Balaban J connectivity index is 1.61. The average molecular weight is 465 g/mol. The van der Waals surface area contributed by atoms with Crippen LogP contribution in [0.15, 0.2) is 52.1 Å². The number of thiophene rings is 1. The quantitative estimate of drug-likeness (QED) is 0.402. The number of nitrogens with zero attached hydrogens (tertiary/aromatic N) is 1. The normalized spacial score (nSPS) is 16.1. The smallest absolute Gasteiger partial charge is 0.255 e. The van der Waals surface area contributed by atoms with Crippen molar-refractivity contribution in [2.45, 2.75) is 53.5 Å². The minimum absolute atomic E-state index is 0.0862. The number of benzene rings is 1. The van der Waals surface area contributed by atoms with Gasteiger partial charge in [0.05, 0.1) is 25.0 Å². The van der Waals surface area contributed by atoms with Gasteiger partial charge in [-0.3, -0.25) is 4.79 Å². The van der Waals surface area contributed by atoms with Crippen molar-refractivity contribution in [3.05, 3.63) is 70.0 Å². The highest BCUT2D eigenvalue weighted by molar-refractivity contribution is 7.16. The minimum Gasteiger partial charge on any atom is -0.494 e. The van der Waals surface area contributed by atoms with Crippen molar-refractivity contribution in [1.82, 2.24) is 5.32 Å². The van der Waals surface area contributed by atoms with E-state index in [4.69, 9.17) is 14.1 Å². The molecule has 0 radical (unpaired) electrons. The molecule has 0 spiro atoms. The summed E-state index contributed by atoms with van der Waals surface area (Å²) >= 11 is 1.66. The van der Waals surface area contributed by atoms with E-state index in [1.54, 1.807) is 17.6 Å². The van der Waals surface area contributed by atoms with Crippen molar-refractivity contribution < 1.29 is 13.9 Å². The van der Waals surface area contributed by atoms with E-state index in [9.17, 15) is 4.79 Å². The molecule has 1 aliphatic carbocycles. The molecule has 1 aliphatic rings. The fourth-order valence-electron chi connectivity index (χ4n) is 4.25. The van der Waals surface area contributed by atoms with Crippen molar-refractivity contribution in [2.75, 3.05) is 6.61 Å². The zero-order chi connectivity index (χ0) is 23.4. The molecule has 2 heterocycles. The highest BCUT2D eigenvalue weighted by Crippen LogP contribution is 2.45. The number of hydrogen-bond donors (Lipinski definition) is 1. The molecule has 0 aliphatic heterocycles. The molecule has 1 N–H and O–H groups in total. The van der Waals surface area contributed by atoms with Crippen molar-refractivity contribution in [1.29, 1.82) is 0 Å². The van der Waals surface area contributed by atoms with Crippen LogP contribution in [0.4, 0.5) is 5.00 Å². The molecule has 1 atom stereocenters. The highest BCUT2D eigenvalue weighted by Gasteiger charge is 2.33. The number of nitrogens with one attached hydrogen (secondary N) is 1. The number of aliphatic imine (C=N–C) groups is 1. The molecule has 174 valence electrons. The van der Waals surface area contributed by atoms with Crippen molar-refractivity contribution in [2.24, 2.45) is 16.3 Å². The molecule has 1 aromatic carbocycles. The Bertz CT molecular complexity index is 1110. The summed E-state index contributed by atoms with van der Waals surface area (Å²) in [6, 6.07) is 11.5. The second-order valence-corrected chi connectivity index (χ2v) is 10.6. The van der Waals surface area contributed by atoms with Gasteiger partial charge in [0.1, 0.15) is 16.5 Å². The van der Waals surface area contributed by atoms with Gasteiger partial charge in [-0.05, 0) is 85.0 Å². The van der Waals surface area contributed by atoms with Crippen LogP contribution in [0.25, 0.3) is 0 Å². The summed E-state index contributed by atoms with van der Waals surface area (Å²) in [5, 5.41) is 3.80. The summed E-state index contributed by atoms with van der Waals surface area (Å²) in [5.41, 5.74) is 3.10. The van der Waals surface area contributed by atoms with Crippen LogP contribution in [-0.4, -0.2) is 18.7 Å².